The highest BCUT2D eigenvalue weighted by Gasteiger charge is 2.17. The molecule has 0 unspecified atom stereocenters. The Morgan fingerprint density at radius 2 is 0.893 bits per heavy atom. The Bertz CT molecular complexity index is 598. The van der Waals surface area contributed by atoms with Crippen LogP contribution in [0.25, 0.3) is 0 Å². The maximum atomic E-state index is 11.1. The van der Waals surface area contributed by atoms with E-state index in [9.17, 15) is 19.2 Å². The van der Waals surface area contributed by atoms with Gasteiger partial charge in [0.1, 0.15) is 0 Å². The summed E-state index contributed by atoms with van der Waals surface area (Å²) in [6.45, 7) is 5.03. The van der Waals surface area contributed by atoms with Gasteiger partial charge < -0.3 is 18.9 Å². The molecule has 0 atom stereocenters. The number of hydrogen-bond donors (Lipinski definition) is 0. The molecule has 0 aliphatic carbocycles. The summed E-state index contributed by atoms with van der Waals surface area (Å²) < 4.78 is 19.9. The lowest BCUT2D eigenvalue weighted by Gasteiger charge is -2.16. The molecule has 0 fully saturated rings. The van der Waals surface area contributed by atoms with Crippen LogP contribution in [-0.2, 0) is 38.1 Å². The van der Waals surface area contributed by atoms with Gasteiger partial charge in [-0.15, -0.1) is 0 Å². The molecule has 10 heteroatoms. The van der Waals surface area contributed by atoms with Gasteiger partial charge in [-0.2, -0.15) is 0 Å². The van der Waals surface area contributed by atoms with Crippen LogP contribution in [-0.4, -0.2) is 55.5 Å². The van der Waals surface area contributed by atoms with E-state index in [-0.39, 0.29) is 19.0 Å². The van der Waals surface area contributed by atoms with Crippen molar-refractivity contribution in [3.63, 3.8) is 0 Å². The van der Waals surface area contributed by atoms with Crippen LogP contribution < -0.4 is 10.4 Å². The third kappa shape index (κ3) is 10.6. The van der Waals surface area contributed by atoms with Gasteiger partial charge in [-0.25, -0.2) is 0 Å². The minimum Gasteiger partial charge on any atom is -0.426 e. The van der Waals surface area contributed by atoms with Gasteiger partial charge in [0, 0.05) is 39.8 Å². The summed E-state index contributed by atoms with van der Waals surface area (Å²) in [7, 11) is 0.562. The van der Waals surface area contributed by atoms with Crippen LogP contribution in [0.15, 0.2) is 24.3 Å². The number of esters is 4. The summed E-state index contributed by atoms with van der Waals surface area (Å²) in [5.74, 6) is -2.05. The molecule has 4 radical (unpaired) electrons. The summed E-state index contributed by atoms with van der Waals surface area (Å²) in [4.78, 5) is 44.3. The van der Waals surface area contributed by atoms with Crippen molar-refractivity contribution < 1.29 is 38.1 Å². The van der Waals surface area contributed by atoms with E-state index in [1.54, 1.807) is 0 Å². The van der Waals surface area contributed by atoms with Gasteiger partial charge in [-0.1, -0.05) is 34.6 Å². The van der Waals surface area contributed by atoms with Crippen molar-refractivity contribution >= 4 is 53.3 Å². The average Bonchev–Trinajstić information content (AvgIpc) is 2.56. The van der Waals surface area contributed by atoms with Crippen LogP contribution in [0, 0.1) is 0 Å². The van der Waals surface area contributed by atoms with Crippen LogP contribution in [0.2, 0.25) is 12.1 Å². The summed E-state index contributed by atoms with van der Waals surface area (Å²) in [6, 6.07) is 8.44. The maximum Gasteiger partial charge on any atom is 0.305 e. The number of carbonyl (C=O) groups excluding carboxylic acids is 4. The molecule has 0 saturated heterocycles. The van der Waals surface area contributed by atoms with E-state index < -0.39 is 36.5 Å². The number of carbonyl (C=O) groups is 4. The largest absolute Gasteiger partial charge is 0.426 e. The summed E-state index contributed by atoms with van der Waals surface area (Å²) in [5, 5.41) is 2.02. The molecular formula is C18H22O8Si2. The Hall–Kier alpha value is -2.47. The van der Waals surface area contributed by atoms with Crippen LogP contribution in [0.4, 0.5) is 0 Å². The van der Waals surface area contributed by atoms with Crippen molar-refractivity contribution in [2.24, 2.45) is 0 Å². The third-order valence-electron chi connectivity index (χ3n) is 3.02. The molecule has 28 heavy (non-hydrogen) atoms. The van der Waals surface area contributed by atoms with Crippen LogP contribution in [0.5, 0.6) is 0 Å². The Morgan fingerprint density at radius 3 is 1.11 bits per heavy atom. The Balaban J connectivity index is 2.57. The summed E-state index contributed by atoms with van der Waals surface area (Å²) >= 11 is 0. The van der Waals surface area contributed by atoms with E-state index in [1.165, 1.54) is 27.7 Å². The molecule has 0 heterocycles. The molecule has 0 saturated carbocycles. The maximum absolute atomic E-state index is 11.1. The molecular weight excluding hydrogens is 400 g/mol. The Labute approximate surface area is 168 Å². The zero-order valence-electron chi connectivity index (χ0n) is 16.1. The van der Waals surface area contributed by atoms with Crippen molar-refractivity contribution in [2.75, 3.05) is 0 Å². The molecule has 0 N–H and O–H groups in total. The molecule has 0 bridgehead atoms. The lowest BCUT2D eigenvalue weighted by molar-refractivity contribution is -0.183. The van der Waals surface area contributed by atoms with Crippen molar-refractivity contribution in [1.29, 1.82) is 0 Å². The highest BCUT2D eigenvalue weighted by molar-refractivity contribution is 6.55. The minimum absolute atomic E-state index is 0.281. The van der Waals surface area contributed by atoms with E-state index in [1.807, 2.05) is 24.3 Å². The number of rotatable bonds is 10. The molecule has 0 aliphatic heterocycles. The molecule has 150 valence electrons. The molecule has 1 aromatic rings. The molecule has 0 aromatic heterocycles. The molecule has 0 spiro atoms. The van der Waals surface area contributed by atoms with Gasteiger partial charge in [0.05, 0.1) is 19.0 Å². The SMILES string of the molecule is CC(=O)OC(C[Si]c1ccc([Si]CC(OC(C)=O)OC(C)=O)cc1)OC(C)=O. The first kappa shape index (κ1) is 23.6. The first-order valence-electron chi connectivity index (χ1n) is 8.42. The molecule has 8 nitrogen and oxygen atoms in total. The van der Waals surface area contributed by atoms with Crippen molar-refractivity contribution in [1.82, 2.24) is 0 Å². The van der Waals surface area contributed by atoms with Gasteiger partial charge in [0.25, 0.3) is 0 Å². The Kier molecular flexibility index (Phi) is 10.2. The highest BCUT2D eigenvalue weighted by Crippen LogP contribution is 2.04. The smallest absolute Gasteiger partial charge is 0.305 e. The van der Waals surface area contributed by atoms with E-state index in [4.69, 9.17) is 18.9 Å². The zero-order chi connectivity index (χ0) is 21.1. The predicted octanol–water partition coefficient (Wildman–Crippen LogP) is 0.0868. The van der Waals surface area contributed by atoms with Crippen LogP contribution in [0.1, 0.15) is 27.7 Å². The second-order valence-electron chi connectivity index (χ2n) is 5.64. The summed E-state index contributed by atoms with van der Waals surface area (Å²) in [5.41, 5.74) is 0. The zero-order valence-corrected chi connectivity index (χ0v) is 18.1. The number of benzene rings is 1. The van der Waals surface area contributed by atoms with Crippen LogP contribution >= 0.6 is 0 Å². The molecule has 0 aliphatic rings. The minimum atomic E-state index is -0.900. The average molecular weight is 423 g/mol. The van der Waals surface area contributed by atoms with Crippen molar-refractivity contribution in [3.05, 3.63) is 24.3 Å². The summed E-state index contributed by atoms with van der Waals surface area (Å²) in [6.07, 6.45) is -1.80. The quantitative estimate of drug-likeness (QED) is 0.297. The molecule has 1 aromatic carbocycles. The Morgan fingerprint density at radius 1 is 0.643 bits per heavy atom. The van der Waals surface area contributed by atoms with Crippen LogP contribution in [0.3, 0.4) is 0 Å². The lowest BCUT2D eigenvalue weighted by atomic mass is 10.4. The monoisotopic (exact) mass is 422 g/mol. The van der Waals surface area contributed by atoms with E-state index >= 15 is 0 Å². The van der Waals surface area contributed by atoms with E-state index in [2.05, 4.69) is 0 Å². The van der Waals surface area contributed by atoms with E-state index in [0.29, 0.717) is 12.1 Å². The van der Waals surface area contributed by atoms with Gasteiger partial charge in [0.2, 0.25) is 12.6 Å². The molecule has 1 rings (SSSR count). The highest BCUT2D eigenvalue weighted by atomic mass is 28.2. The number of hydrogen-bond acceptors (Lipinski definition) is 8. The molecule has 0 amide bonds. The number of ether oxygens (including phenoxy) is 4. The second-order valence-corrected chi connectivity index (χ2v) is 8.31. The van der Waals surface area contributed by atoms with Crippen molar-refractivity contribution in [2.45, 2.75) is 52.4 Å². The second kappa shape index (κ2) is 12.1. The first-order valence-corrected chi connectivity index (χ1v) is 10.8. The fourth-order valence-electron chi connectivity index (χ4n) is 2.06. The standard InChI is InChI=1S/C18H22O8Si2/c1-11(19)23-17(24-12(2)20)9-27-15-5-7-16(8-6-15)28-10-18(25-13(3)21)26-14(4)22/h5-8,17-18H,9-10H2,1-4H3. The topological polar surface area (TPSA) is 105 Å². The van der Waals surface area contributed by atoms with Gasteiger partial charge in [-0.05, 0) is 0 Å². The fourth-order valence-corrected chi connectivity index (χ4v) is 4.01. The normalized spacial score (nSPS) is 10.5. The first-order chi connectivity index (χ1) is 13.2. The third-order valence-corrected chi connectivity index (χ3v) is 5.58. The predicted molar refractivity (Wildman–Crippen MR) is 101 cm³/mol. The van der Waals surface area contributed by atoms with Gasteiger partial charge in [0.15, 0.2) is 0 Å². The van der Waals surface area contributed by atoms with E-state index in [0.717, 1.165) is 10.4 Å². The fraction of sp³-hybridized carbons (Fsp3) is 0.444. The van der Waals surface area contributed by atoms with Gasteiger partial charge >= 0.3 is 23.9 Å². The van der Waals surface area contributed by atoms with Crippen molar-refractivity contribution in [3.8, 4) is 0 Å². The van der Waals surface area contributed by atoms with Gasteiger partial charge in [-0.3, -0.25) is 19.2 Å². The lowest BCUT2D eigenvalue weighted by Crippen LogP contribution is -2.29.